The molecule has 1 heterocycles. The molecule has 2 unspecified atom stereocenters. The van der Waals surface area contributed by atoms with E-state index in [1.54, 1.807) is 0 Å². The van der Waals surface area contributed by atoms with Crippen molar-refractivity contribution in [1.82, 2.24) is 4.90 Å². The van der Waals surface area contributed by atoms with Gasteiger partial charge in [-0.25, -0.2) is 0 Å². The summed E-state index contributed by atoms with van der Waals surface area (Å²) < 4.78 is 0. The fraction of sp³-hybridized carbons (Fsp3) is 1.00. The van der Waals surface area contributed by atoms with E-state index in [1.807, 2.05) is 0 Å². The molecule has 1 aliphatic rings. The van der Waals surface area contributed by atoms with Gasteiger partial charge < -0.3 is 5.73 Å². The maximum atomic E-state index is 6.05. The van der Waals surface area contributed by atoms with Gasteiger partial charge in [0.2, 0.25) is 0 Å². The molecule has 2 N–H and O–H groups in total. The zero-order valence-electron chi connectivity index (χ0n) is 11.6. The van der Waals surface area contributed by atoms with Gasteiger partial charge in [0.1, 0.15) is 0 Å². The standard InChI is InChI=1S/C14H30N2/c1-5-13-7-6-10-16(13)14(4,11-15)9-8-12(2)3/h12-13H,5-11,15H2,1-4H3. The third kappa shape index (κ3) is 3.21. The molecule has 1 rings (SSSR count). The van der Waals surface area contributed by atoms with Crippen LogP contribution in [0.15, 0.2) is 0 Å². The molecule has 16 heavy (non-hydrogen) atoms. The van der Waals surface area contributed by atoms with Gasteiger partial charge >= 0.3 is 0 Å². The molecule has 0 spiro atoms. The molecule has 0 bridgehead atoms. The lowest BCUT2D eigenvalue weighted by atomic mass is 9.89. The van der Waals surface area contributed by atoms with E-state index >= 15 is 0 Å². The first kappa shape index (κ1) is 14.0. The predicted octanol–water partition coefficient (Wildman–Crippen LogP) is 3.01. The molecule has 1 saturated heterocycles. The van der Waals surface area contributed by atoms with E-state index in [9.17, 15) is 0 Å². The fourth-order valence-electron chi connectivity index (χ4n) is 2.93. The van der Waals surface area contributed by atoms with Gasteiger partial charge in [-0.15, -0.1) is 0 Å². The lowest BCUT2D eigenvalue weighted by molar-refractivity contribution is 0.0804. The lowest BCUT2D eigenvalue weighted by Gasteiger charge is -2.42. The average Bonchev–Trinajstić information content (AvgIpc) is 2.74. The Bertz CT molecular complexity index is 203. The van der Waals surface area contributed by atoms with E-state index in [0.717, 1.165) is 18.5 Å². The normalized spacial score (nSPS) is 26.2. The zero-order valence-corrected chi connectivity index (χ0v) is 11.6. The minimum atomic E-state index is 0.238. The fourth-order valence-corrected chi connectivity index (χ4v) is 2.93. The molecule has 0 radical (unpaired) electrons. The molecule has 0 aromatic carbocycles. The molecule has 0 aromatic heterocycles. The van der Waals surface area contributed by atoms with E-state index in [-0.39, 0.29) is 5.54 Å². The van der Waals surface area contributed by atoms with Crippen LogP contribution in [0.2, 0.25) is 0 Å². The Morgan fingerprint density at radius 2 is 2.12 bits per heavy atom. The maximum absolute atomic E-state index is 6.05. The highest BCUT2D eigenvalue weighted by Crippen LogP contribution is 2.31. The van der Waals surface area contributed by atoms with Crippen LogP contribution in [0.1, 0.15) is 59.8 Å². The predicted molar refractivity (Wildman–Crippen MR) is 71.6 cm³/mol. The monoisotopic (exact) mass is 226 g/mol. The summed E-state index contributed by atoms with van der Waals surface area (Å²) >= 11 is 0. The van der Waals surface area contributed by atoms with Crippen molar-refractivity contribution in [2.24, 2.45) is 11.7 Å². The Hall–Kier alpha value is -0.0800. The minimum Gasteiger partial charge on any atom is -0.329 e. The summed E-state index contributed by atoms with van der Waals surface area (Å²) in [7, 11) is 0. The molecule has 1 fully saturated rings. The van der Waals surface area contributed by atoms with Gasteiger partial charge in [-0.2, -0.15) is 0 Å². The van der Waals surface area contributed by atoms with Crippen LogP contribution >= 0.6 is 0 Å². The Balaban J connectivity index is 2.62. The van der Waals surface area contributed by atoms with Crippen LogP contribution in [-0.4, -0.2) is 29.6 Å². The summed E-state index contributed by atoms with van der Waals surface area (Å²) in [5.74, 6) is 0.786. The van der Waals surface area contributed by atoms with E-state index in [2.05, 4.69) is 32.6 Å². The Morgan fingerprint density at radius 1 is 1.44 bits per heavy atom. The number of hydrogen-bond acceptors (Lipinski definition) is 2. The highest BCUT2D eigenvalue weighted by molar-refractivity contribution is 4.94. The minimum absolute atomic E-state index is 0.238. The van der Waals surface area contributed by atoms with Gasteiger partial charge in [0.05, 0.1) is 0 Å². The van der Waals surface area contributed by atoms with Gasteiger partial charge in [0.25, 0.3) is 0 Å². The summed E-state index contributed by atoms with van der Waals surface area (Å²) in [6.07, 6.45) is 6.54. The highest BCUT2D eigenvalue weighted by Gasteiger charge is 2.37. The van der Waals surface area contributed by atoms with E-state index in [4.69, 9.17) is 5.73 Å². The van der Waals surface area contributed by atoms with Crippen LogP contribution in [0.5, 0.6) is 0 Å². The van der Waals surface area contributed by atoms with Crippen molar-refractivity contribution in [2.75, 3.05) is 13.1 Å². The summed E-state index contributed by atoms with van der Waals surface area (Å²) in [6, 6.07) is 0.778. The third-order valence-electron chi connectivity index (χ3n) is 4.24. The van der Waals surface area contributed by atoms with Gasteiger partial charge in [-0.1, -0.05) is 20.8 Å². The molecule has 0 amide bonds. The zero-order chi connectivity index (χ0) is 12.2. The number of nitrogens with zero attached hydrogens (tertiary/aromatic N) is 1. The number of rotatable bonds is 6. The topological polar surface area (TPSA) is 29.3 Å². The Labute approximate surface area is 102 Å². The lowest BCUT2D eigenvalue weighted by Crippen LogP contribution is -2.53. The van der Waals surface area contributed by atoms with E-state index < -0.39 is 0 Å². The van der Waals surface area contributed by atoms with Crippen molar-refractivity contribution in [3.8, 4) is 0 Å². The molecule has 1 aliphatic heterocycles. The van der Waals surface area contributed by atoms with E-state index in [1.165, 1.54) is 38.6 Å². The van der Waals surface area contributed by atoms with Crippen molar-refractivity contribution >= 4 is 0 Å². The van der Waals surface area contributed by atoms with Gasteiger partial charge in [-0.05, 0) is 51.5 Å². The largest absolute Gasteiger partial charge is 0.329 e. The molecule has 96 valence electrons. The van der Waals surface area contributed by atoms with Crippen LogP contribution in [0.4, 0.5) is 0 Å². The highest BCUT2D eigenvalue weighted by atomic mass is 15.2. The van der Waals surface area contributed by atoms with Crippen LogP contribution in [0, 0.1) is 5.92 Å². The molecule has 0 aliphatic carbocycles. The Morgan fingerprint density at radius 3 is 2.62 bits per heavy atom. The van der Waals surface area contributed by atoms with Crippen LogP contribution < -0.4 is 5.73 Å². The van der Waals surface area contributed by atoms with Crippen LogP contribution in [0.25, 0.3) is 0 Å². The molecule has 2 nitrogen and oxygen atoms in total. The molecule has 2 atom stereocenters. The van der Waals surface area contributed by atoms with Crippen molar-refractivity contribution in [3.63, 3.8) is 0 Å². The first-order chi connectivity index (χ1) is 7.53. The van der Waals surface area contributed by atoms with Crippen molar-refractivity contribution in [1.29, 1.82) is 0 Å². The summed E-state index contributed by atoms with van der Waals surface area (Å²) in [6.45, 7) is 11.3. The second-order valence-corrected chi connectivity index (χ2v) is 6.03. The molecule has 2 heteroatoms. The van der Waals surface area contributed by atoms with E-state index in [0.29, 0.717) is 0 Å². The number of hydrogen-bond donors (Lipinski definition) is 1. The third-order valence-corrected chi connectivity index (χ3v) is 4.24. The first-order valence-electron chi connectivity index (χ1n) is 7.00. The molecular formula is C14H30N2. The summed E-state index contributed by atoms with van der Waals surface area (Å²) in [4.78, 5) is 2.69. The first-order valence-corrected chi connectivity index (χ1v) is 7.00. The quantitative estimate of drug-likeness (QED) is 0.754. The molecular weight excluding hydrogens is 196 g/mol. The number of likely N-dealkylation sites (tertiary alicyclic amines) is 1. The van der Waals surface area contributed by atoms with Crippen molar-refractivity contribution in [3.05, 3.63) is 0 Å². The molecule has 0 saturated carbocycles. The van der Waals surface area contributed by atoms with Crippen LogP contribution in [-0.2, 0) is 0 Å². The maximum Gasteiger partial charge on any atom is 0.0306 e. The van der Waals surface area contributed by atoms with Crippen LogP contribution in [0.3, 0.4) is 0 Å². The average molecular weight is 226 g/mol. The molecule has 0 aromatic rings. The summed E-state index contributed by atoms with van der Waals surface area (Å²) in [5.41, 5.74) is 6.29. The smallest absolute Gasteiger partial charge is 0.0306 e. The van der Waals surface area contributed by atoms with Gasteiger partial charge in [-0.3, -0.25) is 4.90 Å². The van der Waals surface area contributed by atoms with Crippen molar-refractivity contribution < 1.29 is 0 Å². The summed E-state index contributed by atoms with van der Waals surface area (Å²) in [5, 5.41) is 0. The number of nitrogens with two attached hydrogens (primary N) is 1. The van der Waals surface area contributed by atoms with Gasteiger partial charge in [0, 0.05) is 18.1 Å². The van der Waals surface area contributed by atoms with Crippen molar-refractivity contribution in [2.45, 2.75) is 71.4 Å². The SMILES string of the molecule is CCC1CCCN1C(C)(CN)CCC(C)C. The van der Waals surface area contributed by atoms with Gasteiger partial charge in [0.15, 0.2) is 0 Å². The Kier molecular flexibility index (Phi) is 5.26. The second-order valence-electron chi connectivity index (χ2n) is 6.03. The second kappa shape index (κ2) is 6.02.